The first-order valence-corrected chi connectivity index (χ1v) is 8.35. The third-order valence-corrected chi connectivity index (χ3v) is 5.24. The van der Waals surface area contributed by atoms with E-state index < -0.39 is 0 Å². The summed E-state index contributed by atoms with van der Waals surface area (Å²) >= 11 is 1.89. The van der Waals surface area contributed by atoms with E-state index in [-0.39, 0.29) is 0 Å². The van der Waals surface area contributed by atoms with E-state index in [4.69, 9.17) is 0 Å². The van der Waals surface area contributed by atoms with Gasteiger partial charge in [0.15, 0.2) is 0 Å². The molecule has 108 valence electrons. The van der Waals surface area contributed by atoms with E-state index in [1.807, 2.05) is 11.3 Å². The van der Waals surface area contributed by atoms with Gasteiger partial charge in [0.25, 0.3) is 0 Å². The van der Waals surface area contributed by atoms with Gasteiger partial charge in [0.1, 0.15) is 0 Å². The van der Waals surface area contributed by atoms with Crippen LogP contribution >= 0.6 is 11.3 Å². The van der Waals surface area contributed by atoms with Crippen LogP contribution in [-0.4, -0.2) is 7.05 Å². The maximum atomic E-state index is 3.47. The van der Waals surface area contributed by atoms with Gasteiger partial charge in [0.2, 0.25) is 0 Å². The Morgan fingerprint density at radius 2 is 1.71 bits per heavy atom. The molecule has 21 heavy (non-hydrogen) atoms. The summed E-state index contributed by atoms with van der Waals surface area (Å²) < 4.78 is 1.37. The summed E-state index contributed by atoms with van der Waals surface area (Å²) in [5, 5.41) is 4.81. The number of aryl methyl sites for hydroxylation is 1. The molecule has 0 saturated heterocycles. The van der Waals surface area contributed by atoms with E-state index in [9.17, 15) is 0 Å². The van der Waals surface area contributed by atoms with Gasteiger partial charge in [-0.25, -0.2) is 0 Å². The predicted octanol–water partition coefficient (Wildman–Crippen LogP) is 4.97. The summed E-state index contributed by atoms with van der Waals surface area (Å²) in [5.74, 6) is 0. The number of hydrogen-bond donors (Lipinski definition) is 1. The second-order valence-corrected chi connectivity index (χ2v) is 6.52. The Balaban J connectivity index is 1.83. The molecule has 0 aliphatic carbocycles. The highest BCUT2D eigenvalue weighted by Gasteiger charge is 2.13. The minimum absolute atomic E-state index is 0.384. The second kappa shape index (κ2) is 6.42. The lowest BCUT2D eigenvalue weighted by Crippen LogP contribution is -2.17. The molecule has 3 rings (SSSR count). The van der Waals surface area contributed by atoms with E-state index in [1.54, 1.807) is 0 Å². The molecule has 1 nitrogen and oxygen atoms in total. The van der Waals surface area contributed by atoms with Crippen molar-refractivity contribution in [3.63, 3.8) is 0 Å². The number of nitrogens with one attached hydrogen (secondary N) is 1. The van der Waals surface area contributed by atoms with Gasteiger partial charge in [0.05, 0.1) is 0 Å². The van der Waals surface area contributed by atoms with Gasteiger partial charge in [-0.2, -0.15) is 0 Å². The molecule has 3 aromatic rings. The van der Waals surface area contributed by atoms with Crippen LogP contribution < -0.4 is 5.32 Å². The van der Waals surface area contributed by atoms with Crippen molar-refractivity contribution in [2.45, 2.75) is 25.8 Å². The lowest BCUT2D eigenvalue weighted by molar-refractivity contribution is 0.602. The van der Waals surface area contributed by atoms with E-state index in [2.05, 4.69) is 73.9 Å². The van der Waals surface area contributed by atoms with E-state index in [0.29, 0.717) is 6.04 Å². The molecular formula is C19H21NS. The first-order chi connectivity index (χ1) is 10.3. The van der Waals surface area contributed by atoms with Gasteiger partial charge in [-0.3, -0.25) is 0 Å². The van der Waals surface area contributed by atoms with Crippen molar-refractivity contribution >= 4 is 21.4 Å². The highest BCUT2D eigenvalue weighted by atomic mass is 32.1. The first-order valence-electron chi connectivity index (χ1n) is 7.53. The third-order valence-electron chi connectivity index (χ3n) is 4.01. The zero-order valence-corrected chi connectivity index (χ0v) is 13.4. The van der Waals surface area contributed by atoms with Gasteiger partial charge in [-0.15, -0.1) is 11.3 Å². The molecule has 0 aliphatic heterocycles. The van der Waals surface area contributed by atoms with Crippen molar-refractivity contribution < 1.29 is 0 Å². The van der Waals surface area contributed by atoms with Crippen LogP contribution in [0, 0.1) is 0 Å². The monoisotopic (exact) mass is 295 g/mol. The highest BCUT2D eigenvalue weighted by molar-refractivity contribution is 7.19. The summed E-state index contributed by atoms with van der Waals surface area (Å²) in [6.45, 7) is 2.20. The fraction of sp³-hybridized carbons (Fsp3) is 0.263. The number of hydrogen-bond acceptors (Lipinski definition) is 2. The molecule has 0 fully saturated rings. The van der Waals surface area contributed by atoms with Crippen molar-refractivity contribution in [2.75, 3.05) is 7.05 Å². The maximum absolute atomic E-state index is 3.47. The van der Waals surface area contributed by atoms with E-state index in [1.165, 1.54) is 26.1 Å². The largest absolute Gasteiger partial charge is 0.312 e. The summed E-state index contributed by atoms with van der Waals surface area (Å²) in [6, 6.07) is 20.3. The number of fused-ring (bicyclic) bond motifs is 1. The number of benzene rings is 2. The van der Waals surface area contributed by atoms with E-state index >= 15 is 0 Å². The Hall–Kier alpha value is -1.64. The molecule has 1 heterocycles. The fourth-order valence-electron chi connectivity index (χ4n) is 2.67. The molecule has 0 spiro atoms. The average molecular weight is 295 g/mol. The lowest BCUT2D eigenvalue weighted by Gasteiger charge is -2.14. The van der Waals surface area contributed by atoms with Crippen LogP contribution in [0.1, 0.15) is 29.0 Å². The minimum Gasteiger partial charge on any atom is -0.312 e. The molecule has 1 aromatic heterocycles. The van der Waals surface area contributed by atoms with Crippen molar-refractivity contribution in [3.8, 4) is 0 Å². The fourth-order valence-corrected chi connectivity index (χ4v) is 3.84. The van der Waals surface area contributed by atoms with Crippen molar-refractivity contribution in [1.29, 1.82) is 0 Å². The molecule has 2 heteroatoms. The van der Waals surface area contributed by atoms with Crippen molar-refractivity contribution in [2.24, 2.45) is 0 Å². The van der Waals surface area contributed by atoms with Gasteiger partial charge in [-0.1, -0.05) is 49.4 Å². The van der Waals surface area contributed by atoms with Crippen LogP contribution in [0.4, 0.5) is 0 Å². The maximum Gasteiger partial charge on any atom is 0.0453 e. The minimum atomic E-state index is 0.384. The van der Waals surface area contributed by atoms with Crippen molar-refractivity contribution in [1.82, 2.24) is 5.32 Å². The Kier molecular flexibility index (Phi) is 4.37. The Labute approximate surface area is 130 Å². The molecule has 0 bridgehead atoms. The zero-order valence-electron chi connectivity index (χ0n) is 12.6. The molecule has 1 unspecified atom stereocenters. The summed E-state index contributed by atoms with van der Waals surface area (Å²) in [4.78, 5) is 1.42. The molecule has 1 N–H and O–H groups in total. The molecule has 0 saturated carbocycles. The Bertz CT molecular complexity index is 679. The van der Waals surface area contributed by atoms with Gasteiger partial charge in [0, 0.05) is 15.6 Å². The molecular weight excluding hydrogens is 274 g/mol. The quantitative estimate of drug-likeness (QED) is 0.701. The molecule has 0 radical (unpaired) electrons. The summed E-state index contributed by atoms with van der Waals surface area (Å²) in [6.07, 6.45) is 2.14. The summed E-state index contributed by atoms with van der Waals surface area (Å²) in [7, 11) is 2.05. The van der Waals surface area contributed by atoms with Crippen LogP contribution in [0.2, 0.25) is 0 Å². The lowest BCUT2D eigenvalue weighted by atomic mass is 10.0. The van der Waals surface area contributed by atoms with Gasteiger partial charge < -0.3 is 5.32 Å². The van der Waals surface area contributed by atoms with E-state index in [0.717, 1.165) is 12.8 Å². The van der Waals surface area contributed by atoms with Crippen LogP contribution in [0.25, 0.3) is 10.1 Å². The predicted molar refractivity (Wildman–Crippen MR) is 93.1 cm³/mol. The molecule has 0 amide bonds. The van der Waals surface area contributed by atoms with Crippen molar-refractivity contribution in [3.05, 3.63) is 70.6 Å². The molecule has 0 aliphatic rings. The average Bonchev–Trinajstić information content (AvgIpc) is 2.97. The number of rotatable bonds is 5. The van der Waals surface area contributed by atoms with Crippen LogP contribution in [-0.2, 0) is 12.8 Å². The van der Waals surface area contributed by atoms with Crippen LogP contribution in [0.5, 0.6) is 0 Å². The zero-order chi connectivity index (χ0) is 14.7. The SMILES string of the molecule is CCc1ccc(CC(NC)c2cc3ccccc3s2)cc1. The van der Waals surface area contributed by atoms with Gasteiger partial charge in [-0.05, 0) is 48.5 Å². The van der Waals surface area contributed by atoms with Crippen LogP contribution in [0.15, 0.2) is 54.6 Å². The highest BCUT2D eigenvalue weighted by Crippen LogP contribution is 2.31. The topological polar surface area (TPSA) is 12.0 Å². The smallest absolute Gasteiger partial charge is 0.0453 e. The standard InChI is InChI=1S/C19H21NS/c1-3-14-8-10-15(11-9-14)12-17(20-2)19-13-16-6-4-5-7-18(16)21-19/h4-11,13,17,20H,3,12H2,1-2H3. The number of thiophene rings is 1. The van der Waals surface area contributed by atoms with Crippen LogP contribution in [0.3, 0.4) is 0 Å². The second-order valence-electron chi connectivity index (χ2n) is 5.40. The summed E-state index contributed by atoms with van der Waals surface area (Å²) in [5.41, 5.74) is 2.80. The Morgan fingerprint density at radius 1 is 1.00 bits per heavy atom. The Morgan fingerprint density at radius 3 is 2.38 bits per heavy atom. The van der Waals surface area contributed by atoms with Gasteiger partial charge >= 0.3 is 0 Å². The third kappa shape index (κ3) is 3.17. The normalized spacial score (nSPS) is 12.7. The molecule has 1 atom stereocenters. The first kappa shape index (κ1) is 14.3. The number of likely N-dealkylation sites (N-methyl/N-ethyl adjacent to an activating group) is 1. The molecule has 2 aromatic carbocycles.